The second-order valence-corrected chi connectivity index (χ2v) is 3.77. The summed E-state index contributed by atoms with van der Waals surface area (Å²) >= 11 is 0. The van der Waals surface area contributed by atoms with E-state index in [1.165, 1.54) is 7.11 Å². The van der Waals surface area contributed by atoms with Gasteiger partial charge in [0.1, 0.15) is 17.7 Å². The van der Waals surface area contributed by atoms with Gasteiger partial charge in [0.05, 0.1) is 13.7 Å². The number of aliphatic hydroxyl groups is 1. The first-order chi connectivity index (χ1) is 8.78. The lowest BCUT2D eigenvalue weighted by atomic mass is 10.1. The number of aldehydes is 1. The van der Waals surface area contributed by atoms with Crippen LogP contribution in [0.5, 0.6) is 5.75 Å². The minimum Gasteiger partial charge on any atom is -0.495 e. The number of aliphatic hydroxyl groups excluding tert-OH is 1. The van der Waals surface area contributed by atoms with Crippen LogP contribution in [0, 0.1) is 0 Å². The summed E-state index contributed by atoms with van der Waals surface area (Å²) in [6.07, 6.45) is 2.47. The molecule has 0 saturated carbocycles. The van der Waals surface area contributed by atoms with Crippen LogP contribution in [0.3, 0.4) is 0 Å². The number of aromatic nitrogens is 1. The van der Waals surface area contributed by atoms with Gasteiger partial charge in [-0.1, -0.05) is 24.3 Å². The van der Waals surface area contributed by atoms with E-state index in [4.69, 9.17) is 9.84 Å². The summed E-state index contributed by atoms with van der Waals surface area (Å²) in [7, 11) is 1.54. The van der Waals surface area contributed by atoms with Gasteiger partial charge in [-0.3, -0.25) is 9.78 Å². The average molecular weight is 243 g/mol. The third-order valence-corrected chi connectivity index (χ3v) is 2.68. The van der Waals surface area contributed by atoms with Crippen molar-refractivity contribution in [2.75, 3.05) is 7.11 Å². The number of carbonyl (C=O) groups excluding carboxylic acids is 1. The maximum absolute atomic E-state index is 10.6. The van der Waals surface area contributed by atoms with Gasteiger partial charge >= 0.3 is 0 Å². The molecule has 1 aromatic carbocycles. The largest absolute Gasteiger partial charge is 0.495 e. The van der Waals surface area contributed by atoms with Crippen molar-refractivity contribution in [2.24, 2.45) is 0 Å². The Kier molecular flexibility index (Phi) is 3.69. The van der Waals surface area contributed by atoms with Gasteiger partial charge in [-0.2, -0.15) is 0 Å². The molecule has 0 saturated heterocycles. The molecule has 92 valence electrons. The highest BCUT2D eigenvalue weighted by atomic mass is 16.5. The molecule has 0 radical (unpaired) electrons. The lowest BCUT2D eigenvalue weighted by molar-refractivity contribution is 0.112. The van der Waals surface area contributed by atoms with Crippen molar-refractivity contribution in [1.29, 1.82) is 0 Å². The minimum atomic E-state index is -0.159. The third kappa shape index (κ3) is 2.38. The van der Waals surface area contributed by atoms with Crippen molar-refractivity contribution < 1.29 is 14.6 Å². The van der Waals surface area contributed by atoms with Gasteiger partial charge in [0.15, 0.2) is 0 Å². The summed E-state index contributed by atoms with van der Waals surface area (Å²) in [5.41, 5.74) is 2.95. The molecule has 0 bridgehead atoms. The monoisotopic (exact) mass is 243 g/mol. The Morgan fingerprint density at radius 1 is 1.28 bits per heavy atom. The molecule has 0 unspecified atom stereocenters. The Labute approximate surface area is 105 Å². The number of nitrogens with zero attached hydrogens (tertiary/aromatic N) is 1. The first-order valence-corrected chi connectivity index (χ1v) is 5.48. The molecule has 4 heteroatoms. The maximum atomic E-state index is 10.6. The maximum Gasteiger partial charge on any atom is 0.150 e. The number of benzene rings is 1. The Morgan fingerprint density at radius 3 is 2.56 bits per heavy atom. The van der Waals surface area contributed by atoms with Gasteiger partial charge in [0.2, 0.25) is 0 Å². The summed E-state index contributed by atoms with van der Waals surface area (Å²) in [6.45, 7) is -0.159. The fourth-order valence-corrected chi connectivity index (χ4v) is 1.68. The smallest absolute Gasteiger partial charge is 0.150 e. The lowest BCUT2D eigenvalue weighted by Crippen LogP contribution is -1.96. The summed E-state index contributed by atoms with van der Waals surface area (Å²) in [4.78, 5) is 14.7. The van der Waals surface area contributed by atoms with Crippen molar-refractivity contribution in [3.05, 3.63) is 47.8 Å². The number of hydrogen-bond donors (Lipinski definition) is 1. The zero-order valence-electron chi connectivity index (χ0n) is 9.96. The summed E-state index contributed by atoms with van der Waals surface area (Å²) < 4.78 is 5.16. The lowest BCUT2D eigenvalue weighted by Gasteiger charge is -2.08. The van der Waals surface area contributed by atoms with Crippen LogP contribution in [0.2, 0.25) is 0 Å². The molecule has 4 nitrogen and oxygen atoms in total. The van der Waals surface area contributed by atoms with Crippen LogP contribution >= 0.6 is 0 Å². The van der Waals surface area contributed by atoms with Gasteiger partial charge in [-0.25, -0.2) is 0 Å². The summed E-state index contributed by atoms with van der Waals surface area (Å²) in [5.74, 6) is 0.550. The highest BCUT2D eigenvalue weighted by molar-refractivity contribution is 5.77. The van der Waals surface area contributed by atoms with Crippen LogP contribution in [0.1, 0.15) is 16.1 Å². The minimum absolute atomic E-state index is 0.159. The first-order valence-electron chi connectivity index (χ1n) is 5.48. The van der Waals surface area contributed by atoms with Crippen molar-refractivity contribution in [2.45, 2.75) is 6.61 Å². The molecule has 1 N–H and O–H groups in total. The molecular weight excluding hydrogens is 230 g/mol. The summed E-state index contributed by atoms with van der Waals surface area (Å²) in [6, 6.07) is 9.00. The van der Waals surface area contributed by atoms with Gasteiger partial charge in [-0.05, 0) is 11.6 Å². The van der Waals surface area contributed by atoms with E-state index in [0.29, 0.717) is 17.0 Å². The van der Waals surface area contributed by atoms with Crippen LogP contribution in [-0.2, 0) is 6.61 Å². The van der Waals surface area contributed by atoms with Crippen molar-refractivity contribution in [3.8, 4) is 16.9 Å². The Balaban J connectivity index is 2.40. The predicted octanol–water partition coefficient (Wildman–Crippen LogP) is 2.06. The van der Waals surface area contributed by atoms with E-state index in [1.807, 2.05) is 18.2 Å². The molecule has 0 atom stereocenters. The van der Waals surface area contributed by atoms with E-state index in [9.17, 15) is 4.79 Å². The molecule has 0 aliphatic carbocycles. The van der Waals surface area contributed by atoms with E-state index in [-0.39, 0.29) is 6.61 Å². The van der Waals surface area contributed by atoms with Crippen LogP contribution in [-0.4, -0.2) is 23.5 Å². The standard InChI is InChI=1S/C14H13NO3/c1-18-14-6-12(7-15-13(14)9-17)11-4-2-10(8-16)3-5-11/h2-8,17H,9H2,1H3. The molecule has 0 aliphatic rings. The third-order valence-electron chi connectivity index (χ3n) is 2.68. The van der Waals surface area contributed by atoms with Gasteiger partial charge in [0.25, 0.3) is 0 Å². The van der Waals surface area contributed by atoms with E-state index >= 15 is 0 Å². The molecule has 0 aliphatic heterocycles. The molecule has 18 heavy (non-hydrogen) atoms. The molecular formula is C14H13NO3. The van der Waals surface area contributed by atoms with Crippen LogP contribution < -0.4 is 4.74 Å². The molecule has 1 aromatic heterocycles. The van der Waals surface area contributed by atoms with Crippen LogP contribution in [0.4, 0.5) is 0 Å². The number of rotatable bonds is 4. The van der Waals surface area contributed by atoms with Gasteiger partial charge < -0.3 is 9.84 Å². The van der Waals surface area contributed by atoms with Crippen molar-refractivity contribution in [1.82, 2.24) is 4.98 Å². The average Bonchev–Trinajstić information content (AvgIpc) is 2.46. The van der Waals surface area contributed by atoms with Crippen molar-refractivity contribution in [3.63, 3.8) is 0 Å². The Hall–Kier alpha value is -2.20. The Morgan fingerprint density at radius 2 is 2.00 bits per heavy atom. The zero-order valence-corrected chi connectivity index (χ0v) is 9.96. The Bertz CT molecular complexity index is 549. The molecule has 2 rings (SSSR count). The van der Waals surface area contributed by atoms with E-state index in [1.54, 1.807) is 18.3 Å². The summed E-state index contributed by atoms with van der Waals surface area (Å²) in [5, 5.41) is 9.10. The number of methoxy groups -OCH3 is 1. The second kappa shape index (κ2) is 5.42. The van der Waals surface area contributed by atoms with E-state index < -0.39 is 0 Å². The SMILES string of the molecule is COc1cc(-c2ccc(C=O)cc2)cnc1CO. The number of hydrogen-bond acceptors (Lipinski definition) is 4. The number of ether oxygens (including phenoxy) is 1. The van der Waals surface area contributed by atoms with E-state index in [0.717, 1.165) is 17.4 Å². The van der Waals surface area contributed by atoms with E-state index in [2.05, 4.69) is 4.98 Å². The van der Waals surface area contributed by atoms with Crippen LogP contribution in [0.15, 0.2) is 36.5 Å². The molecule has 0 fully saturated rings. The fraction of sp³-hybridized carbons (Fsp3) is 0.143. The fourth-order valence-electron chi connectivity index (χ4n) is 1.68. The molecule has 0 spiro atoms. The number of pyridine rings is 1. The van der Waals surface area contributed by atoms with Crippen molar-refractivity contribution >= 4 is 6.29 Å². The zero-order chi connectivity index (χ0) is 13.0. The van der Waals surface area contributed by atoms with Crippen LogP contribution in [0.25, 0.3) is 11.1 Å². The van der Waals surface area contributed by atoms with Gasteiger partial charge in [-0.15, -0.1) is 0 Å². The molecule has 2 aromatic rings. The highest BCUT2D eigenvalue weighted by Crippen LogP contribution is 2.25. The topological polar surface area (TPSA) is 59.4 Å². The van der Waals surface area contributed by atoms with Gasteiger partial charge in [0, 0.05) is 17.3 Å². The quantitative estimate of drug-likeness (QED) is 0.835. The number of carbonyl (C=O) groups is 1. The highest BCUT2D eigenvalue weighted by Gasteiger charge is 2.06. The normalized spacial score (nSPS) is 10.1. The first kappa shape index (κ1) is 12.3. The second-order valence-electron chi connectivity index (χ2n) is 3.77. The molecule has 1 heterocycles. The predicted molar refractivity (Wildman–Crippen MR) is 67.5 cm³/mol. The molecule has 0 amide bonds.